The molecule has 0 radical (unpaired) electrons. The van der Waals surface area contributed by atoms with Gasteiger partial charge in [-0.3, -0.25) is 9.59 Å². The third kappa shape index (κ3) is 4.87. The molecule has 0 fully saturated rings. The summed E-state index contributed by atoms with van der Waals surface area (Å²) < 4.78 is 0. The zero-order valence-electron chi connectivity index (χ0n) is 15.8. The van der Waals surface area contributed by atoms with Crippen LogP contribution in [0.15, 0.2) is 41.8 Å². The molecule has 1 aliphatic heterocycles. The number of carbonyl (C=O) groups is 2. The lowest BCUT2D eigenvalue weighted by Gasteiger charge is -2.30. The second-order valence-corrected chi connectivity index (χ2v) is 8.01. The summed E-state index contributed by atoms with van der Waals surface area (Å²) in [5, 5.41) is 7.54. The normalized spacial score (nSPS) is 14.1. The van der Waals surface area contributed by atoms with Crippen molar-refractivity contribution in [2.24, 2.45) is 0 Å². The third-order valence-electron chi connectivity index (χ3n) is 4.74. The number of nitrogens with one attached hydrogen (secondary N) is 3. The molecule has 144 valence electrons. The van der Waals surface area contributed by atoms with Crippen molar-refractivity contribution in [2.45, 2.75) is 12.5 Å². The van der Waals surface area contributed by atoms with Crippen LogP contribution in [0.5, 0.6) is 0 Å². The molecular weight excluding hydrogens is 360 g/mol. The number of hydrogen-bond donors (Lipinski definition) is 3. The summed E-state index contributed by atoms with van der Waals surface area (Å²) in [5.74, 6) is -1.14. The lowest BCUT2D eigenvalue weighted by molar-refractivity contribution is -0.856. The standard InChI is InChI=1S/C20H26N4O2S/c1-23(2)12-10-21-19(25)20(26)22-14-17(18-8-5-13-27-18)24-11-9-15-6-3-4-7-16(15)24/h3-8,13,17H,9-12,14H2,1-2H3,(H,21,25)(H,22,26)/p+1/t17-/m1/s1. The van der Waals surface area contributed by atoms with Crippen LogP contribution >= 0.6 is 11.3 Å². The Kier molecular flexibility index (Phi) is 6.47. The van der Waals surface area contributed by atoms with Gasteiger partial charge < -0.3 is 20.4 Å². The maximum Gasteiger partial charge on any atom is 0.309 e. The molecule has 1 aromatic heterocycles. The fourth-order valence-electron chi connectivity index (χ4n) is 3.31. The maximum atomic E-state index is 12.2. The van der Waals surface area contributed by atoms with Crippen LogP contribution in [0.4, 0.5) is 5.69 Å². The second-order valence-electron chi connectivity index (χ2n) is 7.03. The van der Waals surface area contributed by atoms with Crippen molar-refractivity contribution in [3.63, 3.8) is 0 Å². The van der Waals surface area contributed by atoms with Gasteiger partial charge in [0.25, 0.3) is 0 Å². The van der Waals surface area contributed by atoms with Crippen molar-refractivity contribution in [3.8, 4) is 0 Å². The summed E-state index contributed by atoms with van der Waals surface area (Å²) >= 11 is 1.67. The highest BCUT2D eigenvalue weighted by molar-refractivity contribution is 7.10. The summed E-state index contributed by atoms with van der Waals surface area (Å²) in [6.07, 6.45) is 0.999. The molecule has 1 aromatic carbocycles. The van der Waals surface area contributed by atoms with Crippen molar-refractivity contribution < 1.29 is 14.5 Å². The highest BCUT2D eigenvalue weighted by Gasteiger charge is 2.28. The van der Waals surface area contributed by atoms with Crippen LogP contribution in [-0.4, -0.2) is 52.1 Å². The number of thiophene rings is 1. The Morgan fingerprint density at radius 1 is 1.15 bits per heavy atom. The Morgan fingerprint density at radius 3 is 2.67 bits per heavy atom. The Bertz CT molecular complexity index is 776. The van der Waals surface area contributed by atoms with Crippen molar-refractivity contribution in [1.29, 1.82) is 0 Å². The highest BCUT2D eigenvalue weighted by Crippen LogP contribution is 2.36. The van der Waals surface area contributed by atoms with E-state index >= 15 is 0 Å². The molecule has 6 nitrogen and oxygen atoms in total. The van der Waals surface area contributed by atoms with Gasteiger partial charge in [0.05, 0.1) is 33.2 Å². The van der Waals surface area contributed by atoms with Crippen molar-refractivity contribution in [1.82, 2.24) is 10.6 Å². The summed E-state index contributed by atoms with van der Waals surface area (Å²) in [7, 11) is 4.01. The minimum absolute atomic E-state index is 0.0246. The quantitative estimate of drug-likeness (QED) is 0.596. The van der Waals surface area contributed by atoms with Gasteiger partial charge in [-0.15, -0.1) is 11.3 Å². The second kappa shape index (κ2) is 9.01. The number of hydrogen-bond acceptors (Lipinski definition) is 4. The lowest BCUT2D eigenvalue weighted by Crippen LogP contribution is -3.06. The van der Waals surface area contributed by atoms with Gasteiger partial charge in [-0.1, -0.05) is 24.3 Å². The van der Waals surface area contributed by atoms with Crippen molar-refractivity contribution in [2.75, 3.05) is 45.2 Å². The van der Waals surface area contributed by atoms with Gasteiger partial charge in [0, 0.05) is 23.7 Å². The average Bonchev–Trinajstić information content (AvgIpc) is 3.32. The molecule has 1 aliphatic rings. The average molecular weight is 388 g/mol. The Morgan fingerprint density at radius 2 is 1.93 bits per heavy atom. The van der Waals surface area contributed by atoms with Crippen LogP contribution < -0.4 is 20.4 Å². The fourth-order valence-corrected chi connectivity index (χ4v) is 4.15. The minimum Gasteiger partial charge on any atom is -0.361 e. The number of nitrogens with zero attached hydrogens (tertiary/aromatic N) is 1. The third-order valence-corrected chi connectivity index (χ3v) is 5.72. The smallest absolute Gasteiger partial charge is 0.309 e. The molecule has 0 aliphatic carbocycles. The van der Waals surface area contributed by atoms with Crippen molar-refractivity contribution >= 4 is 28.8 Å². The summed E-state index contributed by atoms with van der Waals surface area (Å²) in [6, 6.07) is 12.5. The first-order chi connectivity index (χ1) is 13.1. The lowest BCUT2D eigenvalue weighted by atomic mass is 10.1. The van der Waals surface area contributed by atoms with Gasteiger partial charge in [-0.2, -0.15) is 0 Å². The van der Waals surface area contributed by atoms with E-state index in [1.807, 2.05) is 31.6 Å². The van der Waals surface area contributed by atoms with Gasteiger partial charge in [0.2, 0.25) is 0 Å². The zero-order chi connectivity index (χ0) is 19.2. The molecule has 0 unspecified atom stereocenters. The molecule has 0 spiro atoms. The predicted octanol–water partition coefficient (Wildman–Crippen LogP) is 0.229. The van der Waals surface area contributed by atoms with Crippen LogP contribution in [0.25, 0.3) is 0 Å². The Labute approximate surface area is 164 Å². The maximum absolute atomic E-state index is 12.2. The SMILES string of the molecule is C[NH+](C)CCNC(=O)C(=O)NC[C@H](c1cccs1)N1CCc2ccccc21. The molecule has 0 saturated heterocycles. The first-order valence-electron chi connectivity index (χ1n) is 9.29. The van der Waals surface area contributed by atoms with Gasteiger partial charge in [-0.25, -0.2) is 0 Å². The Balaban J connectivity index is 1.64. The monoisotopic (exact) mass is 387 g/mol. The molecular formula is C20H27N4O2S+. The molecule has 1 atom stereocenters. The fraction of sp³-hybridized carbons (Fsp3) is 0.400. The summed E-state index contributed by atoms with van der Waals surface area (Å²) in [4.78, 5) is 28.9. The number of para-hydroxylation sites is 1. The van der Waals surface area contributed by atoms with Crippen LogP contribution in [0.1, 0.15) is 16.5 Å². The van der Waals surface area contributed by atoms with E-state index in [0.717, 1.165) is 19.5 Å². The van der Waals surface area contributed by atoms with Crippen LogP contribution in [0.3, 0.4) is 0 Å². The Hall–Kier alpha value is -2.38. The largest absolute Gasteiger partial charge is 0.361 e. The number of likely N-dealkylation sites (N-methyl/N-ethyl adjacent to an activating group) is 1. The molecule has 0 bridgehead atoms. The van der Waals surface area contributed by atoms with Gasteiger partial charge in [-0.05, 0) is 29.5 Å². The molecule has 2 heterocycles. The molecule has 0 saturated carbocycles. The van der Waals surface area contributed by atoms with Crippen molar-refractivity contribution in [3.05, 3.63) is 52.2 Å². The topological polar surface area (TPSA) is 65.9 Å². The van der Waals surface area contributed by atoms with Crippen LogP contribution in [-0.2, 0) is 16.0 Å². The van der Waals surface area contributed by atoms with Crippen LogP contribution in [0, 0.1) is 0 Å². The van der Waals surface area contributed by atoms with E-state index in [-0.39, 0.29) is 6.04 Å². The van der Waals surface area contributed by atoms with E-state index in [1.165, 1.54) is 21.0 Å². The number of amides is 2. The summed E-state index contributed by atoms with van der Waals surface area (Å²) in [6.45, 7) is 2.58. The molecule has 3 N–H and O–H groups in total. The molecule has 2 aromatic rings. The number of rotatable bonds is 7. The van der Waals surface area contributed by atoms with Gasteiger partial charge >= 0.3 is 11.8 Å². The predicted molar refractivity (Wildman–Crippen MR) is 108 cm³/mol. The first-order valence-corrected chi connectivity index (χ1v) is 10.2. The van der Waals surface area contributed by atoms with Crippen LogP contribution in [0.2, 0.25) is 0 Å². The van der Waals surface area contributed by atoms with Gasteiger partial charge in [0.15, 0.2) is 0 Å². The van der Waals surface area contributed by atoms with E-state index in [0.29, 0.717) is 13.1 Å². The van der Waals surface area contributed by atoms with E-state index in [2.05, 4.69) is 39.8 Å². The number of fused-ring (bicyclic) bond motifs is 1. The molecule has 2 amide bonds. The number of carbonyl (C=O) groups excluding carboxylic acids is 2. The number of anilines is 1. The van der Waals surface area contributed by atoms with E-state index in [4.69, 9.17) is 0 Å². The minimum atomic E-state index is -0.571. The summed E-state index contributed by atoms with van der Waals surface area (Å²) in [5.41, 5.74) is 2.54. The highest BCUT2D eigenvalue weighted by atomic mass is 32.1. The molecule has 7 heteroatoms. The van der Waals surface area contributed by atoms with E-state index < -0.39 is 11.8 Å². The van der Waals surface area contributed by atoms with E-state index in [9.17, 15) is 9.59 Å². The van der Waals surface area contributed by atoms with Gasteiger partial charge in [0.1, 0.15) is 0 Å². The number of quaternary nitrogens is 1. The molecule has 3 rings (SSSR count). The number of benzene rings is 1. The zero-order valence-corrected chi connectivity index (χ0v) is 16.6. The molecule has 27 heavy (non-hydrogen) atoms. The van der Waals surface area contributed by atoms with E-state index in [1.54, 1.807) is 11.3 Å². The first kappa shape index (κ1) is 19.4.